The fourth-order valence-corrected chi connectivity index (χ4v) is 5.51. The minimum Gasteiger partial charge on any atom is -0.341 e. The molecule has 29 heavy (non-hydrogen) atoms. The van der Waals surface area contributed by atoms with E-state index in [1.54, 1.807) is 0 Å². The third-order valence-electron chi connectivity index (χ3n) is 7.11. The van der Waals surface area contributed by atoms with Gasteiger partial charge in [-0.05, 0) is 63.2 Å². The van der Waals surface area contributed by atoms with Crippen molar-refractivity contribution in [2.45, 2.75) is 44.7 Å². The molecule has 3 aliphatic rings. The SMILES string of the molecule is CN1CCCN(C(=O)CCC[C@H]2NC[C@@H]3C[C@H]2CN(Cc2ccccc2)C3)CC1. The summed E-state index contributed by atoms with van der Waals surface area (Å²) >= 11 is 0. The summed E-state index contributed by atoms with van der Waals surface area (Å²) in [5.41, 5.74) is 1.42. The molecule has 3 saturated heterocycles. The number of nitrogens with one attached hydrogen (secondary N) is 1. The van der Waals surface area contributed by atoms with Gasteiger partial charge in [0.1, 0.15) is 0 Å². The van der Waals surface area contributed by atoms with E-state index in [9.17, 15) is 4.79 Å². The van der Waals surface area contributed by atoms with E-state index in [0.29, 0.717) is 18.4 Å². The molecule has 3 aliphatic heterocycles. The fourth-order valence-electron chi connectivity index (χ4n) is 5.51. The van der Waals surface area contributed by atoms with Gasteiger partial charge in [0.05, 0.1) is 0 Å². The molecular formula is C24H38N4O. The highest BCUT2D eigenvalue weighted by molar-refractivity contribution is 5.76. The number of fused-ring (bicyclic) bond motifs is 2. The van der Waals surface area contributed by atoms with Crippen LogP contribution in [0, 0.1) is 11.8 Å². The molecule has 1 amide bonds. The predicted octanol–water partition coefficient (Wildman–Crippen LogP) is 2.43. The molecule has 1 N–H and O–H groups in total. The fraction of sp³-hybridized carbons (Fsp3) is 0.708. The molecule has 0 aromatic heterocycles. The number of benzene rings is 1. The Morgan fingerprint density at radius 3 is 2.83 bits per heavy atom. The van der Waals surface area contributed by atoms with Crippen LogP contribution in [0.5, 0.6) is 0 Å². The van der Waals surface area contributed by atoms with Crippen molar-refractivity contribution in [2.75, 3.05) is 52.9 Å². The molecule has 0 radical (unpaired) electrons. The van der Waals surface area contributed by atoms with Crippen molar-refractivity contribution in [1.82, 2.24) is 20.0 Å². The Morgan fingerprint density at radius 2 is 1.97 bits per heavy atom. The zero-order chi connectivity index (χ0) is 20.1. The Hall–Kier alpha value is -1.43. The molecule has 1 aromatic carbocycles. The summed E-state index contributed by atoms with van der Waals surface area (Å²) in [5.74, 6) is 1.88. The minimum atomic E-state index is 0.364. The number of amides is 1. The van der Waals surface area contributed by atoms with Crippen molar-refractivity contribution < 1.29 is 4.79 Å². The molecule has 3 fully saturated rings. The van der Waals surface area contributed by atoms with Gasteiger partial charge in [-0.15, -0.1) is 0 Å². The van der Waals surface area contributed by atoms with Crippen LogP contribution in [0.1, 0.15) is 37.7 Å². The molecule has 1 aromatic rings. The van der Waals surface area contributed by atoms with Gasteiger partial charge in [-0.3, -0.25) is 9.69 Å². The number of likely N-dealkylation sites (N-methyl/N-ethyl adjacent to an activating group) is 1. The lowest BCUT2D eigenvalue weighted by Crippen LogP contribution is -2.55. The second-order valence-corrected chi connectivity index (χ2v) is 9.49. The molecule has 4 rings (SSSR count). The van der Waals surface area contributed by atoms with Gasteiger partial charge >= 0.3 is 0 Å². The highest BCUT2D eigenvalue weighted by Crippen LogP contribution is 2.31. The first-order valence-corrected chi connectivity index (χ1v) is 11.6. The van der Waals surface area contributed by atoms with Gasteiger partial charge in [-0.2, -0.15) is 0 Å². The first-order valence-electron chi connectivity index (χ1n) is 11.6. The summed E-state index contributed by atoms with van der Waals surface area (Å²) in [6.45, 7) is 8.57. The first kappa shape index (κ1) is 20.8. The van der Waals surface area contributed by atoms with Crippen molar-refractivity contribution in [3.8, 4) is 0 Å². The average Bonchev–Trinajstić information content (AvgIpc) is 2.95. The predicted molar refractivity (Wildman–Crippen MR) is 118 cm³/mol. The maximum atomic E-state index is 12.6. The van der Waals surface area contributed by atoms with E-state index in [-0.39, 0.29) is 0 Å². The van der Waals surface area contributed by atoms with E-state index in [2.05, 4.69) is 57.4 Å². The van der Waals surface area contributed by atoms with Crippen molar-refractivity contribution >= 4 is 5.91 Å². The van der Waals surface area contributed by atoms with E-state index >= 15 is 0 Å². The monoisotopic (exact) mass is 398 g/mol. The lowest BCUT2D eigenvalue weighted by molar-refractivity contribution is -0.131. The highest BCUT2D eigenvalue weighted by Gasteiger charge is 2.36. The third-order valence-corrected chi connectivity index (χ3v) is 7.11. The molecule has 5 nitrogen and oxygen atoms in total. The van der Waals surface area contributed by atoms with Crippen LogP contribution in [0.2, 0.25) is 0 Å². The molecule has 3 atom stereocenters. The molecule has 0 unspecified atom stereocenters. The second kappa shape index (κ2) is 10.1. The zero-order valence-corrected chi connectivity index (χ0v) is 18.1. The summed E-state index contributed by atoms with van der Waals surface area (Å²) in [6, 6.07) is 11.4. The van der Waals surface area contributed by atoms with Crippen molar-refractivity contribution in [3.05, 3.63) is 35.9 Å². The van der Waals surface area contributed by atoms with E-state index in [4.69, 9.17) is 0 Å². The van der Waals surface area contributed by atoms with Crippen LogP contribution < -0.4 is 5.32 Å². The summed E-state index contributed by atoms with van der Waals surface area (Å²) in [4.78, 5) is 19.7. The van der Waals surface area contributed by atoms with Crippen LogP contribution in [-0.2, 0) is 11.3 Å². The number of carbonyl (C=O) groups is 1. The van der Waals surface area contributed by atoms with Crippen LogP contribution in [-0.4, -0.2) is 79.5 Å². The highest BCUT2D eigenvalue weighted by atomic mass is 16.2. The lowest BCUT2D eigenvalue weighted by Gasteiger charge is -2.46. The molecule has 0 aliphatic carbocycles. The van der Waals surface area contributed by atoms with Crippen LogP contribution in [0.4, 0.5) is 0 Å². The van der Waals surface area contributed by atoms with Gasteiger partial charge in [-0.1, -0.05) is 30.3 Å². The maximum absolute atomic E-state index is 12.6. The Labute approximate surface area is 176 Å². The van der Waals surface area contributed by atoms with Gasteiger partial charge in [0.25, 0.3) is 0 Å². The maximum Gasteiger partial charge on any atom is 0.222 e. The van der Waals surface area contributed by atoms with Gasteiger partial charge in [0.15, 0.2) is 0 Å². The summed E-state index contributed by atoms with van der Waals surface area (Å²) in [7, 11) is 2.15. The lowest BCUT2D eigenvalue weighted by atomic mass is 9.79. The first-order chi connectivity index (χ1) is 14.2. The Kier molecular flexibility index (Phi) is 7.22. The number of rotatable bonds is 6. The standard InChI is InChI=1S/C24H38N4O/c1-26-11-6-12-28(14-13-26)24(29)10-5-9-23-22-15-21(16-25-23)18-27(19-22)17-20-7-3-2-4-8-20/h2-4,7-8,21-23,25H,5-6,9-19H2,1H3/t21-,22-,23+/m0/s1. The van der Waals surface area contributed by atoms with Gasteiger partial charge in [0, 0.05) is 51.7 Å². The van der Waals surface area contributed by atoms with Crippen LogP contribution >= 0.6 is 0 Å². The van der Waals surface area contributed by atoms with Crippen molar-refractivity contribution in [1.29, 1.82) is 0 Å². The molecule has 160 valence electrons. The van der Waals surface area contributed by atoms with Crippen LogP contribution in [0.25, 0.3) is 0 Å². The molecule has 2 bridgehead atoms. The number of carbonyl (C=O) groups excluding carboxylic acids is 1. The van der Waals surface area contributed by atoms with Crippen molar-refractivity contribution in [3.63, 3.8) is 0 Å². The number of hydrogen-bond donors (Lipinski definition) is 1. The Bertz CT molecular complexity index is 652. The average molecular weight is 399 g/mol. The van der Waals surface area contributed by atoms with E-state index in [1.807, 2.05) is 0 Å². The largest absolute Gasteiger partial charge is 0.341 e. The topological polar surface area (TPSA) is 38.8 Å². The van der Waals surface area contributed by atoms with Crippen LogP contribution in [0.3, 0.4) is 0 Å². The second-order valence-electron chi connectivity index (χ2n) is 9.49. The normalized spacial score (nSPS) is 28.9. The third kappa shape index (κ3) is 5.80. The number of likely N-dealkylation sites (tertiary alicyclic amines) is 1. The minimum absolute atomic E-state index is 0.364. The summed E-state index contributed by atoms with van der Waals surface area (Å²) < 4.78 is 0. The van der Waals surface area contributed by atoms with Gasteiger partial charge in [0.2, 0.25) is 5.91 Å². The summed E-state index contributed by atoms with van der Waals surface area (Å²) in [5, 5.41) is 3.82. The number of nitrogens with zero attached hydrogens (tertiary/aromatic N) is 3. The molecule has 3 heterocycles. The molecule has 0 saturated carbocycles. The zero-order valence-electron chi connectivity index (χ0n) is 18.1. The van der Waals surface area contributed by atoms with E-state index < -0.39 is 0 Å². The van der Waals surface area contributed by atoms with Crippen LogP contribution in [0.15, 0.2) is 30.3 Å². The molecule has 5 heteroatoms. The summed E-state index contributed by atoms with van der Waals surface area (Å²) in [6.07, 6.45) is 5.33. The Morgan fingerprint density at radius 1 is 1.10 bits per heavy atom. The Balaban J connectivity index is 1.23. The quantitative estimate of drug-likeness (QED) is 0.799. The molecular weight excluding hydrogens is 360 g/mol. The van der Waals surface area contributed by atoms with Gasteiger partial charge < -0.3 is 15.1 Å². The van der Waals surface area contributed by atoms with Crippen molar-refractivity contribution in [2.24, 2.45) is 11.8 Å². The van der Waals surface area contributed by atoms with E-state index in [1.165, 1.54) is 25.1 Å². The van der Waals surface area contributed by atoms with Gasteiger partial charge in [-0.25, -0.2) is 0 Å². The number of hydrogen-bond acceptors (Lipinski definition) is 4. The number of piperidine rings is 2. The smallest absolute Gasteiger partial charge is 0.222 e. The van der Waals surface area contributed by atoms with E-state index in [0.717, 1.165) is 70.4 Å². The molecule has 0 spiro atoms.